The van der Waals surface area contributed by atoms with Gasteiger partial charge in [0, 0.05) is 19.1 Å². The van der Waals surface area contributed by atoms with E-state index in [0.717, 1.165) is 24.0 Å². The fraction of sp³-hybridized carbons (Fsp3) is 0.480. The lowest BCUT2D eigenvalue weighted by atomic mass is 9.82. The summed E-state index contributed by atoms with van der Waals surface area (Å²) in [6, 6.07) is 10.7. The van der Waals surface area contributed by atoms with Gasteiger partial charge in [-0.05, 0) is 60.6 Å². The van der Waals surface area contributed by atoms with Crippen LogP contribution in [0.2, 0.25) is 0 Å². The molecule has 3 N–H and O–H groups in total. The van der Waals surface area contributed by atoms with Crippen LogP contribution in [-0.4, -0.2) is 50.6 Å². The third kappa shape index (κ3) is 6.79. The number of carbonyl (C=O) groups excluding carboxylic acids is 1. The number of aliphatic hydroxyl groups excluding tert-OH is 1. The smallest absolute Gasteiger partial charge is 0.223 e. The molecule has 0 aliphatic carbocycles. The highest BCUT2D eigenvalue weighted by Gasteiger charge is 2.29. The third-order valence-electron chi connectivity index (χ3n) is 5.62. The molecule has 0 radical (unpaired) electrons. The van der Waals surface area contributed by atoms with Crippen molar-refractivity contribution in [1.29, 1.82) is 0 Å². The standard InChI is InChI=1S/C25H35NO6/c1-5-6-11-26-25(29)20(13-18-7-9-21(28)23(14-18)31-3)19(16-27)12-17-8-10-22(30-2)24(15-17)32-4/h7-10,14-15,19-20,27-28H,5-6,11-13,16H2,1-4H3,(H,26,29)/t19-,20+/m0/s1. The molecule has 0 bridgehead atoms. The molecule has 2 atom stereocenters. The van der Waals surface area contributed by atoms with Gasteiger partial charge < -0.3 is 29.7 Å². The topological polar surface area (TPSA) is 97.3 Å². The van der Waals surface area contributed by atoms with Crippen molar-refractivity contribution in [3.63, 3.8) is 0 Å². The van der Waals surface area contributed by atoms with E-state index >= 15 is 0 Å². The lowest BCUT2D eigenvalue weighted by molar-refractivity contribution is -0.127. The van der Waals surface area contributed by atoms with Crippen molar-refractivity contribution in [3.8, 4) is 23.0 Å². The summed E-state index contributed by atoms with van der Waals surface area (Å²) in [5.41, 5.74) is 1.79. The number of aromatic hydroxyl groups is 1. The number of phenols is 1. The molecule has 0 aromatic heterocycles. The Morgan fingerprint density at radius 1 is 0.938 bits per heavy atom. The molecule has 2 aromatic carbocycles. The highest BCUT2D eigenvalue weighted by Crippen LogP contribution is 2.32. The maximum absolute atomic E-state index is 13.1. The number of hydrogen-bond donors (Lipinski definition) is 3. The molecule has 0 unspecified atom stereocenters. The molecule has 7 nitrogen and oxygen atoms in total. The summed E-state index contributed by atoms with van der Waals surface area (Å²) in [5.74, 6) is 0.770. The summed E-state index contributed by atoms with van der Waals surface area (Å²) in [6.45, 7) is 2.52. The Labute approximate surface area is 190 Å². The minimum absolute atomic E-state index is 0.0456. The summed E-state index contributed by atoms with van der Waals surface area (Å²) < 4.78 is 15.9. The molecular formula is C25H35NO6. The maximum Gasteiger partial charge on any atom is 0.223 e. The Morgan fingerprint density at radius 3 is 2.19 bits per heavy atom. The molecule has 0 saturated heterocycles. The van der Waals surface area contributed by atoms with Crippen LogP contribution in [0.25, 0.3) is 0 Å². The van der Waals surface area contributed by atoms with Crippen LogP contribution in [0.4, 0.5) is 0 Å². The van der Waals surface area contributed by atoms with E-state index in [4.69, 9.17) is 14.2 Å². The van der Waals surface area contributed by atoms with Gasteiger partial charge in [0.15, 0.2) is 23.0 Å². The summed E-state index contributed by atoms with van der Waals surface area (Å²) in [5, 5.41) is 23.1. The first-order chi connectivity index (χ1) is 15.5. The Morgan fingerprint density at radius 2 is 1.56 bits per heavy atom. The monoisotopic (exact) mass is 445 g/mol. The van der Waals surface area contributed by atoms with E-state index in [1.54, 1.807) is 32.4 Å². The number of hydrogen-bond acceptors (Lipinski definition) is 6. The third-order valence-corrected chi connectivity index (χ3v) is 5.62. The second kappa shape index (κ2) is 12.8. The van der Waals surface area contributed by atoms with Crippen LogP contribution < -0.4 is 19.5 Å². The summed E-state index contributed by atoms with van der Waals surface area (Å²) in [6.07, 6.45) is 2.78. The number of aliphatic hydroxyl groups is 1. The molecule has 32 heavy (non-hydrogen) atoms. The molecule has 176 valence electrons. The van der Waals surface area contributed by atoms with Crippen molar-refractivity contribution in [2.24, 2.45) is 11.8 Å². The van der Waals surface area contributed by atoms with Gasteiger partial charge in [0.25, 0.3) is 0 Å². The van der Waals surface area contributed by atoms with E-state index in [9.17, 15) is 15.0 Å². The Balaban J connectivity index is 2.30. The number of rotatable bonds is 13. The number of nitrogens with one attached hydrogen (secondary N) is 1. The van der Waals surface area contributed by atoms with Gasteiger partial charge in [-0.25, -0.2) is 0 Å². The fourth-order valence-electron chi connectivity index (χ4n) is 3.74. The highest BCUT2D eigenvalue weighted by atomic mass is 16.5. The Hall–Kier alpha value is -2.93. The number of methoxy groups -OCH3 is 3. The van der Waals surface area contributed by atoms with Gasteiger partial charge in [-0.2, -0.15) is 0 Å². The number of phenolic OH excluding ortho intramolecular Hbond substituents is 1. The lowest BCUT2D eigenvalue weighted by Crippen LogP contribution is -2.39. The van der Waals surface area contributed by atoms with Crippen molar-refractivity contribution in [2.45, 2.75) is 32.6 Å². The van der Waals surface area contributed by atoms with Crippen LogP contribution in [-0.2, 0) is 17.6 Å². The highest BCUT2D eigenvalue weighted by molar-refractivity contribution is 5.79. The quantitative estimate of drug-likeness (QED) is 0.409. The van der Waals surface area contributed by atoms with E-state index in [-0.39, 0.29) is 24.2 Å². The van der Waals surface area contributed by atoms with Crippen LogP contribution in [0, 0.1) is 11.8 Å². The van der Waals surface area contributed by atoms with E-state index in [1.165, 1.54) is 7.11 Å². The van der Waals surface area contributed by atoms with Gasteiger partial charge in [-0.1, -0.05) is 25.5 Å². The molecule has 0 heterocycles. The van der Waals surface area contributed by atoms with Gasteiger partial charge in [0.2, 0.25) is 5.91 Å². The molecule has 0 spiro atoms. The lowest BCUT2D eigenvalue weighted by Gasteiger charge is -2.26. The molecule has 0 aliphatic heterocycles. The number of ether oxygens (including phenoxy) is 3. The van der Waals surface area contributed by atoms with Crippen LogP contribution in [0.3, 0.4) is 0 Å². The number of carbonyl (C=O) groups is 1. The second-order valence-corrected chi connectivity index (χ2v) is 7.80. The average molecular weight is 446 g/mol. The zero-order valence-corrected chi connectivity index (χ0v) is 19.4. The SMILES string of the molecule is CCCCNC(=O)[C@H](Cc1ccc(O)c(OC)c1)[C@H](CO)Cc1ccc(OC)c(OC)c1. The Bertz CT molecular complexity index is 870. The fourth-order valence-corrected chi connectivity index (χ4v) is 3.74. The molecule has 0 fully saturated rings. The van der Waals surface area contributed by atoms with Gasteiger partial charge in [-0.15, -0.1) is 0 Å². The van der Waals surface area contributed by atoms with Crippen molar-refractivity contribution in [3.05, 3.63) is 47.5 Å². The molecular weight excluding hydrogens is 410 g/mol. The zero-order chi connectivity index (χ0) is 23.5. The van der Waals surface area contributed by atoms with E-state index in [2.05, 4.69) is 12.2 Å². The minimum Gasteiger partial charge on any atom is -0.504 e. The molecule has 7 heteroatoms. The molecule has 0 saturated carbocycles. The van der Waals surface area contributed by atoms with Crippen molar-refractivity contribution >= 4 is 5.91 Å². The average Bonchev–Trinajstić information content (AvgIpc) is 2.82. The van der Waals surface area contributed by atoms with E-state index in [1.807, 2.05) is 18.2 Å². The first-order valence-corrected chi connectivity index (χ1v) is 10.9. The van der Waals surface area contributed by atoms with Crippen LogP contribution in [0.1, 0.15) is 30.9 Å². The first-order valence-electron chi connectivity index (χ1n) is 10.9. The normalized spacial score (nSPS) is 12.7. The first kappa shape index (κ1) is 25.3. The number of benzene rings is 2. The number of amides is 1. The largest absolute Gasteiger partial charge is 0.504 e. The van der Waals surface area contributed by atoms with Gasteiger partial charge in [0.05, 0.1) is 21.3 Å². The molecule has 1 amide bonds. The van der Waals surface area contributed by atoms with Crippen molar-refractivity contribution in [2.75, 3.05) is 34.5 Å². The van der Waals surface area contributed by atoms with Gasteiger partial charge >= 0.3 is 0 Å². The predicted octanol–water partition coefficient (Wildman–Crippen LogP) is 3.34. The van der Waals surface area contributed by atoms with E-state index in [0.29, 0.717) is 36.6 Å². The van der Waals surface area contributed by atoms with Crippen LogP contribution in [0.15, 0.2) is 36.4 Å². The molecule has 0 aliphatic rings. The number of unbranched alkanes of at least 4 members (excludes halogenated alkanes) is 1. The maximum atomic E-state index is 13.1. The summed E-state index contributed by atoms with van der Waals surface area (Å²) >= 11 is 0. The minimum atomic E-state index is -0.459. The van der Waals surface area contributed by atoms with Crippen molar-refractivity contribution in [1.82, 2.24) is 5.32 Å². The van der Waals surface area contributed by atoms with E-state index < -0.39 is 5.92 Å². The summed E-state index contributed by atoms with van der Waals surface area (Å²) in [7, 11) is 4.64. The molecule has 2 rings (SSSR count). The Kier molecular flexibility index (Phi) is 10.1. The molecule has 2 aromatic rings. The zero-order valence-electron chi connectivity index (χ0n) is 19.4. The van der Waals surface area contributed by atoms with Crippen molar-refractivity contribution < 1.29 is 29.2 Å². The summed E-state index contributed by atoms with van der Waals surface area (Å²) in [4.78, 5) is 13.1. The predicted molar refractivity (Wildman–Crippen MR) is 124 cm³/mol. The van der Waals surface area contributed by atoms with Gasteiger partial charge in [0.1, 0.15) is 0 Å². The van der Waals surface area contributed by atoms with Crippen LogP contribution >= 0.6 is 0 Å². The second-order valence-electron chi connectivity index (χ2n) is 7.80. The van der Waals surface area contributed by atoms with Gasteiger partial charge in [-0.3, -0.25) is 4.79 Å². The van der Waals surface area contributed by atoms with Crippen LogP contribution in [0.5, 0.6) is 23.0 Å².